The van der Waals surface area contributed by atoms with Crippen molar-refractivity contribution in [1.29, 1.82) is 0 Å². The second-order valence-corrected chi connectivity index (χ2v) is 5.61. The molecule has 20 heavy (non-hydrogen) atoms. The van der Waals surface area contributed by atoms with Crippen molar-refractivity contribution in [3.8, 4) is 0 Å². The Balaban J connectivity index is 1.65. The smallest absolute Gasteiger partial charge is 0.239 e. The second-order valence-electron chi connectivity index (χ2n) is 5.61. The van der Waals surface area contributed by atoms with E-state index < -0.39 is 0 Å². The predicted octanol–water partition coefficient (Wildman–Crippen LogP) is 1.32. The zero-order chi connectivity index (χ0) is 14.2. The van der Waals surface area contributed by atoms with Crippen molar-refractivity contribution in [3.63, 3.8) is 0 Å². The minimum absolute atomic E-state index is 0.0596. The van der Waals surface area contributed by atoms with Crippen LogP contribution in [0.2, 0.25) is 0 Å². The SMILES string of the molecule is CN=C(NCC(=O)NC1CCCCC1)NC1CC=CC1. The first kappa shape index (κ1) is 14.9. The van der Waals surface area contributed by atoms with Gasteiger partial charge in [-0.1, -0.05) is 31.4 Å². The molecule has 2 aliphatic rings. The highest BCUT2D eigenvalue weighted by Gasteiger charge is 2.16. The fourth-order valence-corrected chi connectivity index (χ4v) is 2.81. The Hall–Kier alpha value is -1.52. The lowest BCUT2D eigenvalue weighted by Crippen LogP contribution is -2.48. The van der Waals surface area contributed by atoms with E-state index in [0.29, 0.717) is 18.0 Å². The van der Waals surface area contributed by atoms with E-state index in [1.807, 2.05) is 0 Å². The molecule has 0 aromatic carbocycles. The second kappa shape index (κ2) is 7.92. The Kier molecular flexibility index (Phi) is 5.89. The predicted molar refractivity (Wildman–Crippen MR) is 81.7 cm³/mol. The average molecular weight is 278 g/mol. The summed E-state index contributed by atoms with van der Waals surface area (Å²) in [5, 5.41) is 9.50. The Morgan fingerprint density at radius 3 is 2.45 bits per heavy atom. The first-order valence-electron chi connectivity index (χ1n) is 7.69. The van der Waals surface area contributed by atoms with Gasteiger partial charge in [-0.05, 0) is 25.7 Å². The van der Waals surface area contributed by atoms with E-state index in [0.717, 1.165) is 25.7 Å². The molecule has 1 saturated carbocycles. The van der Waals surface area contributed by atoms with Crippen LogP contribution in [0.25, 0.3) is 0 Å². The molecule has 0 aromatic rings. The highest BCUT2D eigenvalue weighted by atomic mass is 16.2. The molecule has 0 saturated heterocycles. The summed E-state index contributed by atoms with van der Waals surface area (Å²) >= 11 is 0. The Morgan fingerprint density at radius 1 is 1.10 bits per heavy atom. The molecule has 0 unspecified atom stereocenters. The van der Waals surface area contributed by atoms with Gasteiger partial charge < -0.3 is 16.0 Å². The summed E-state index contributed by atoms with van der Waals surface area (Å²) in [7, 11) is 1.73. The van der Waals surface area contributed by atoms with Crippen LogP contribution >= 0.6 is 0 Å². The molecule has 0 bridgehead atoms. The third-order valence-corrected chi connectivity index (χ3v) is 3.96. The number of nitrogens with one attached hydrogen (secondary N) is 3. The van der Waals surface area contributed by atoms with Crippen molar-refractivity contribution in [2.45, 2.75) is 57.0 Å². The molecule has 1 fully saturated rings. The van der Waals surface area contributed by atoms with Crippen LogP contribution in [0.3, 0.4) is 0 Å². The van der Waals surface area contributed by atoms with Crippen molar-refractivity contribution in [2.75, 3.05) is 13.6 Å². The van der Waals surface area contributed by atoms with Gasteiger partial charge in [-0.2, -0.15) is 0 Å². The van der Waals surface area contributed by atoms with Gasteiger partial charge in [0.1, 0.15) is 0 Å². The van der Waals surface area contributed by atoms with E-state index in [2.05, 4.69) is 33.1 Å². The Bertz CT molecular complexity index is 364. The molecule has 0 radical (unpaired) electrons. The summed E-state index contributed by atoms with van der Waals surface area (Å²) in [4.78, 5) is 16.1. The van der Waals surface area contributed by atoms with Gasteiger partial charge in [0.25, 0.3) is 0 Å². The summed E-state index contributed by atoms with van der Waals surface area (Å²) in [6.45, 7) is 0.288. The van der Waals surface area contributed by atoms with Crippen molar-refractivity contribution in [2.24, 2.45) is 4.99 Å². The molecule has 2 aliphatic carbocycles. The molecule has 112 valence electrons. The monoisotopic (exact) mass is 278 g/mol. The van der Waals surface area contributed by atoms with Gasteiger partial charge in [-0.3, -0.25) is 9.79 Å². The molecule has 5 heteroatoms. The van der Waals surface area contributed by atoms with Gasteiger partial charge in [-0.15, -0.1) is 0 Å². The highest BCUT2D eigenvalue weighted by Crippen LogP contribution is 2.17. The molecular weight excluding hydrogens is 252 g/mol. The topological polar surface area (TPSA) is 65.5 Å². The van der Waals surface area contributed by atoms with Crippen molar-refractivity contribution in [1.82, 2.24) is 16.0 Å². The van der Waals surface area contributed by atoms with E-state index in [-0.39, 0.29) is 12.5 Å². The standard InChI is InChI=1S/C15H26N4O/c1-16-15(19-13-9-5-6-10-13)17-11-14(20)18-12-7-3-2-4-8-12/h5-6,12-13H,2-4,7-11H2,1H3,(H,18,20)(H2,16,17,19). The summed E-state index contributed by atoms with van der Waals surface area (Å²) in [6, 6.07) is 0.773. The minimum atomic E-state index is 0.0596. The fraction of sp³-hybridized carbons (Fsp3) is 0.733. The van der Waals surface area contributed by atoms with E-state index in [4.69, 9.17) is 0 Å². The van der Waals surface area contributed by atoms with Crippen LogP contribution in [0, 0.1) is 0 Å². The Labute approximate surface area is 121 Å². The maximum Gasteiger partial charge on any atom is 0.239 e. The summed E-state index contributed by atoms with van der Waals surface area (Å²) in [5.41, 5.74) is 0. The summed E-state index contributed by atoms with van der Waals surface area (Å²) in [5.74, 6) is 0.766. The maximum absolute atomic E-state index is 11.9. The van der Waals surface area contributed by atoms with Crippen molar-refractivity contribution >= 4 is 11.9 Å². The van der Waals surface area contributed by atoms with Crippen LogP contribution in [0.1, 0.15) is 44.9 Å². The van der Waals surface area contributed by atoms with E-state index >= 15 is 0 Å². The van der Waals surface area contributed by atoms with Gasteiger partial charge >= 0.3 is 0 Å². The van der Waals surface area contributed by atoms with Gasteiger partial charge in [-0.25, -0.2) is 0 Å². The first-order chi connectivity index (χ1) is 9.78. The van der Waals surface area contributed by atoms with Crippen LogP contribution in [0.15, 0.2) is 17.1 Å². The van der Waals surface area contributed by atoms with Gasteiger partial charge in [0, 0.05) is 19.1 Å². The average Bonchev–Trinajstić information content (AvgIpc) is 2.97. The maximum atomic E-state index is 11.9. The van der Waals surface area contributed by atoms with Gasteiger partial charge in [0.2, 0.25) is 5.91 Å². The van der Waals surface area contributed by atoms with Crippen molar-refractivity contribution < 1.29 is 4.79 Å². The van der Waals surface area contributed by atoms with Crippen molar-refractivity contribution in [3.05, 3.63) is 12.2 Å². The lowest BCUT2D eigenvalue weighted by atomic mass is 9.95. The first-order valence-corrected chi connectivity index (χ1v) is 7.69. The molecule has 0 heterocycles. The summed E-state index contributed by atoms with van der Waals surface area (Å²) < 4.78 is 0. The fourth-order valence-electron chi connectivity index (χ4n) is 2.81. The number of hydrogen-bond acceptors (Lipinski definition) is 2. The van der Waals surface area contributed by atoms with Crippen LogP contribution in [-0.4, -0.2) is 37.5 Å². The molecule has 3 N–H and O–H groups in total. The number of hydrogen-bond donors (Lipinski definition) is 3. The molecule has 0 aromatic heterocycles. The van der Waals surface area contributed by atoms with Gasteiger partial charge in [0.15, 0.2) is 5.96 Å². The normalized spacial score (nSPS) is 20.9. The largest absolute Gasteiger partial charge is 0.353 e. The highest BCUT2D eigenvalue weighted by molar-refractivity contribution is 5.86. The number of aliphatic imine (C=N–C) groups is 1. The zero-order valence-corrected chi connectivity index (χ0v) is 12.3. The minimum Gasteiger partial charge on any atom is -0.353 e. The molecule has 2 rings (SSSR count). The zero-order valence-electron chi connectivity index (χ0n) is 12.3. The number of nitrogens with zero attached hydrogens (tertiary/aromatic N) is 1. The molecule has 0 aliphatic heterocycles. The number of guanidine groups is 1. The van der Waals surface area contributed by atoms with Gasteiger partial charge in [0.05, 0.1) is 6.54 Å². The number of carbonyl (C=O) groups is 1. The molecule has 1 amide bonds. The molecule has 5 nitrogen and oxygen atoms in total. The lowest BCUT2D eigenvalue weighted by Gasteiger charge is -2.23. The number of rotatable bonds is 4. The molecule has 0 spiro atoms. The molecular formula is C15H26N4O. The van der Waals surface area contributed by atoms with Crippen LogP contribution in [-0.2, 0) is 4.79 Å². The van der Waals surface area contributed by atoms with E-state index in [1.54, 1.807) is 7.05 Å². The third-order valence-electron chi connectivity index (χ3n) is 3.96. The number of amides is 1. The lowest BCUT2D eigenvalue weighted by molar-refractivity contribution is -0.120. The quantitative estimate of drug-likeness (QED) is 0.413. The number of carbonyl (C=O) groups excluding carboxylic acids is 1. The van der Waals surface area contributed by atoms with E-state index in [9.17, 15) is 4.79 Å². The van der Waals surface area contributed by atoms with Crippen LogP contribution in [0.5, 0.6) is 0 Å². The Morgan fingerprint density at radius 2 is 1.80 bits per heavy atom. The van der Waals surface area contributed by atoms with Crippen LogP contribution in [0.4, 0.5) is 0 Å². The third kappa shape index (κ3) is 4.87. The summed E-state index contributed by atoms with van der Waals surface area (Å²) in [6.07, 6.45) is 12.4. The van der Waals surface area contributed by atoms with E-state index in [1.165, 1.54) is 19.3 Å². The van der Waals surface area contributed by atoms with Crippen LogP contribution < -0.4 is 16.0 Å². The molecule has 0 atom stereocenters.